The lowest BCUT2D eigenvalue weighted by Crippen LogP contribution is -2.30. The van der Waals surface area contributed by atoms with Crippen LogP contribution in [0.3, 0.4) is 0 Å². The lowest BCUT2D eigenvalue weighted by Gasteiger charge is -2.07. The minimum absolute atomic E-state index is 0.106. The van der Waals surface area contributed by atoms with Crippen molar-refractivity contribution in [2.75, 3.05) is 6.54 Å². The number of nitrogens with one attached hydrogen (secondary N) is 2. The average Bonchev–Trinajstić information content (AvgIpc) is 2.72. The van der Waals surface area contributed by atoms with Gasteiger partial charge < -0.3 is 15.1 Å². The molecule has 1 aliphatic rings. The minimum atomic E-state index is 0.106. The summed E-state index contributed by atoms with van der Waals surface area (Å²) in [6, 6.07) is 2.11. The third-order valence-electron chi connectivity index (χ3n) is 2.24. The number of amides is 1. The van der Waals surface area contributed by atoms with E-state index in [1.165, 1.54) is 0 Å². The van der Waals surface area contributed by atoms with E-state index in [0.29, 0.717) is 24.2 Å². The molecule has 82 valence electrons. The van der Waals surface area contributed by atoms with Crippen molar-refractivity contribution in [1.29, 1.82) is 0 Å². The van der Waals surface area contributed by atoms with Crippen LogP contribution >= 0.6 is 31.9 Å². The summed E-state index contributed by atoms with van der Waals surface area (Å²) in [6.07, 6.45) is 0.545. The lowest BCUT2D eigenvalue weighted by molar-refractivity contribution is -0.119. The number of hydrogen-bond acceptors (Lipinski definition) is 3. The van der Waals surface area contributed by atoms with Crippen molar-refractivity contribution < 1.29 is 9.21 Å². The Morgan fingerprint density at radius 1 is 1.60 bits per heavy atom. The second-order valence-corrected chi connectivity index (χ2v) is 4.99. The fourth-order valence-corrected chi connectivity index (χ4v) is 2.13. The molecule has 1 amide bonds. The van der Waals surface area contributed by atoms with Crippen molar-refractivity contribution in [2.24, 2.45) is 0 Å². The van der Waals surface area contributed by atoms with Gasteiger partial charge in [-0.3, -0.25) is 4.79 Å². The number of carbonyl (C=O) groups excluding carboxylic acids is 1. The maximum Gasteiger partial charge on any atom is 0.221 e. The van der Waals surface area contributed by atoms with Gasteiger partial charge in [-0.25, -0.2) is 0 Å². The summed E-state index contributed by atoms with van der Waals surface area (Å²) < 4.78 is 7.00. The third-order valence-corrected chi connectivity index (χ3v) is 3.95. The summed E-state index contributed by atoms with van der Waals surface area (Å²) in [5, 5.41) is 6.02. The molecule has 0 aromatic carbocycles. The van der Waals surface area contributed by atoms with Gasteiger partial charge in [-0.2, -0.15) is 0 Å². The fourth-order valence-electron chi connectivity index (χ4n) is 1.47. The fraction of sp³-hybridized carbons (Fsp3) is 0.444. The van der Waals surface area contributed by atoms with Crippen molar-refractivity contribution in [2.45, 2.75) is 19.0 Å². The first-order chi connectivity index (χ1) is 7.15. The summed E-state index contributed by atoms with van der Waals surface area (Å²) in [4.78, 5) is 10.9. The summed E-state index contributed by atoms with van der Waals surface area (Å²) >= 11 is 6.62. The Balaban J connectivity index is 1.85. The second kappa shape index (κ2) is 4.67. The minimum Gasteiger partial charge on any atom is -0.452 e. The molecule has 2 heterocycles. The van der Waals surface area contributed by atoms with Crippen LogP contribution < -0.4 is 10.6 Å². The largest absolute Gasteiger partial charge is 0.452 e. The van der Waals surface area contributed by atoms with Crippen LogP contribution in [0.25, 0.3) is 0 Å². The Kier molecular flexibility index (Phi) is 3.48. The first-order valence-electron chi connectivity index (χ1n) is 4.59. The van der Waals surface area contributed by atoms with Crippen molar-refractivity contribution >= 4 is 37.8 Å². The monoisotopic (exact) mass is 336 g/mol. The molecule has 0 aliphatic carbocycles. The van der Waals surface area contributed by atoms with E-state index in [-0.39, 0.29) is 11.9 Å². The van der Waals surface area contributed by atoms with Gasteiger partial charge in [-0.05, 0) is 37.9 Å². The van der Waals surface area contributed by atoms with E-state index in [4.69, 9.17) is 4.42 Å². The lowest BCUT2D eigenvalue weighted by atomic mass is 10.2. The van der Waals surface area contributed by atoms with E-state index >= 15 is 0 Å². The molecule has 1 aromatic heterocycles. The van der Waals surface area contributed by atoms with Gasteiger partial charge in [0.2, 0.25) is 5.91 Å². The number of rotatable bonds is 3. The van der Waals surface area contributed by atoms with Crippen molar-refractivity contribution in [3.8, 4) is 0 Å². The van der Waals surface area contributed by atoms with Crippen molar-refractivity contribution in [3.05, 3.63) is 21.0 Å². The molecule has 2 N–H and O–H groups in total. The highest BCUT2D eigenvalue weighted by Crippen LogP contribution is 2.26. The van der Waals surface area contributed by atoms with Crippen LogP contribution in [0.1, 0.15) is 12.2 Å². The molecule has 1 aliphatic heterocycles. The van der Waals surface area contributed by atoms with Gasteiger partial charge in [0, 0.05) is 19.0 Å². The quantitative estimate of drug-likeness (QED) is 0.884. The molecule has 0 radical (unpaired) electrons. The highest BCUT2D eigenvalue weighted by atomic mass is 79.9. The summed E-state index contributed by atoms with van der Waals surface area (Å²) in [5.41, 5.74) is 0. The van der Waals surface area contributed by atoms with Crippen LogP contribution in [0, 0.1) is 0 Å². The Morgan fingerprint density at radius 2 is 2.40 bits per heavy atom. The molecule has 1 unspecified atom stereocenters. The van der Waals surface area contributed by atoms with Gasteiger partial charge in [-0.15, -0.1) is 0 Å². The molecule has 0 saturated carbocycles. The second-order valence-electron chi connectivity index (χ2n) is 3.42. The van der Waals surface area contributed by atoms with Gasteiger partial charge in [0.15, 0.2) is 4.67 Å². The zero-order chi connectivity index (χ0) is 10.8. The van der Waals surface area contributed by atoms with Crippen LogP contribution in [-0.4, -0.2) is 18.5 Å². The number of furan rings is 1. The molecular weight excluding hydrogens is 328 g/mol. The molecule has 1 fully saturated rings. The van der Waals surface area contributed by atoms with E-state index < -0.39 is 0 Å². The van der Waals surface area contributed by atoms with Crippen LogP contribution in [0.4, 0.5) is 0 Å². The average molecular weight is 338 g/mol. The number of carbonyl (C=O) groups is 1. The maximum absolute atomic E-state index is 10.9. The topological polar surface area (TPSA) is 54.3 Å². The van der Waals surface area contributed by atoms with E-state index in [1.54, 1.807) is 0 Å². The van der Waals surface area contributed by atoms with Gasteiger partial charge in [-0.1, -0.05) is 0 Å². The first kappa shape index (κ1) is 11.2. The molecule has 1 atom stereocenters. The van der Waals surface area contributed by atoms with E-state index in [9.17, 15) is 4.79 Å². The summed E-state index contributed by atoms with van der Waals surface area (Å²) in [5.74, 6) is 0.947. The van der Waals surface area contributed by atoms with Crippen LogP contribution in [0.15, 0.2) is 19.6 Å². The third kappa shape index (κ3) is 2.83. The van der Waals surface area contributed by atoms with Gasteiger partial charge >= 0.3 is 0 Å². The Hall–Kier alpha value is -0.330. The summed E-state index contributed by atoms with van der Waals surface area (Å²) in [6.45, 7) is 1.33. The van der Waals surface area contributed by atoms with Crippen molar-refractivity contribution in [3.63, 3.8) is 0 Å². The predicted molar refractivity (Wildman–Crippen MR) is 62.4 cm³/mol. The molecule has 1 aromatic rings. The maximum atomic E-state index is 10.9. The Bertz CT molecular complexity index is 359. The molecule has 0 spiro atoms. The predicted octanol–water partition coefficient (Wildman–Crippen LogP) is 1.78. The van der Waals surface area contributed by atoms with Gasteiger partial charge in [0.05, 0.1) is 11.0 Å². The number of hydrogen-bond donors (Lipinski definition) is 2. The van der Waals surface area contributed by atoms with Crippen molar-refractivity contribution in [1.82, 2.24) is 10.6 Å². The first-order valence-corrected chi connectivity index (χ1v) is 6.17. The molecule has 6 heteroatoms. The van der Waals surface area contributed by atoms with E-state index in [0.717, 1.165) is 10.2 Å². The Morgan fingerprint density at radius 3 is 2.93 bits per heavy atom. The van der Waals surface area contributed by atoms with Gasteiger partial charge in [0.1, 0.15) is 5.76 Å². The SMILES string of the molecule is O=C1CC(NCc2cc(Br)c(Br)o2)CN1. The highest BCUT2D eigenvalue weighted by Gasteiger charge is 2.20. The summed E-state index contributed by atoms with van der Waals surface area (Å²) in [7, 11) is 0. The van der Waals surface area contributed by atoms with Crippen LogP contribution in [0.5, 0.6) is 0 Å². The smallest absolute Gasteiger partial charge is 0.221 e. The zero-order valence-corrected chi connectivity index (χ0v) is 11.0. The van der Waals surface area contributed by atoms with Crippen LogP contribution in [-0.2, 0) is 11.3 Å². The number of halogens is 2. The molecule has 4 nitrogen and oxygen atoms in total. The molecule has 1 saturated heterocycles. The van der Waals surface area contributed by atoms with E-state index in [1.807, 2.05) is 6.07 Å². The normalized spacial score (nSPS) is 20.7. The van der Waals surface area contributed by atoms with Gasteiger partial charge in [0.25, 0.3) is 0 Å². The molecule has 15 heavy (non-hydrogen) atoms. The molecule has 2 rings (SSSR count). The Labute approximate surface area is 104 Å². The van der Waals surface area contributed by atoms with E-state index in [2.05, 4.69) is 42.5 Å². The molecule has 0 bridgehead atoms. The molecular formula is C9H10Br2N2O2. The van der Waals surface area contributed by atoms with Crippen LogP contribution in [0.2, 0.25) is 0 Å². The highest BCUT2D eigenvalue weighted by molar-refractivity contribution is 9.13. The standard InChI is InChI=1S/C9H10Br2N2O2/c10-7-2-6(15-9(7)11)4-12-5-1-8(14)13-3-5/h2,5,12H,1,3-4H2,(H,13,14). The zero-order valence-electron chi connectivity index (χ0n) is 7.85.